The van der Waals surface area contributed by atoms with Crippen molar-refractivity contribution in [3.05, 3.63) is 29.3 Å². The van der Waals surface area contributed by atoms with E-state index >= 15 is 0 Å². The highest BCUT2D eigenvalue weighted by molar-refractivity contribution is 7.89. The van der Waals surface area contributed by atoms with Gasteiger partial charge in [0.1, 0.15) is 6.61 Å². The van der Waals surface area contributed by atoms with Crippen LogP contribution in [0.25, 0.3) is 0 Å². The third-order valence-corrected chi connectivity index (χ3v) is 4.73. The van der Waals surface area contributed by atoms with Crippen LogP contribution < -0.4 is 4.72 Å². The van der Waals surface area contributed by atoms with Gasteiger partial charge in [-0.1, -0.05) is 11.8 Å². The first-order valence-corrected chi connectivity index (χ1v) is 9.08. The highest BCUT2D eigenvalue weighted by Crippen LogP contribution is 2.14. The Balaban J connectivity index is 2.91. The van der Waals surface area contributed by atoms with Gasteiger partial charge in [0, 0.05) is 34.9 Å². The van der Waals surface area contributed by atoms with E-state index in [1.54, 1.807) is 13.0 Å². The van der Waals surface area contributed by atoms with Crippen LogP contribution in [0.3, 0.4) is 0 Å². The molecule has 0 aliphatic rings. The van der Waals surface area contributed by atoms with Crippen molar-refractivity contribution in [2.45, 2.75) is 11.8 Å². The Morgan fingerprint density at radius 3 is 2.65 bits per heavy atom. The van der Waals surface area contributed by atoms with Gasteiger partial charge in [-0.25, -0.2) is 13.1 Å². The van der Waals surface area contributed by atoms with Gasteiger partial charge in [-0.05, 0) is 30.7 Å². The molecule has 0 spiro atoms. The van der Waals surface area contributed by atoms with Crippen LogP contribution >= 0.6 is 0 Å². The summed E-state index contributed by atoms with van der Waals surface area (Å²) in [4.78, 5) is 0.145. The molecule has 2 N–H and O–H groups in total. The van der Waals surface area contributed by atoms with E-state index in [9.17, 15) is 12.6 Å². The Labute approximate surface area is 121 Å². The molecule has 0 aliphatic heterocycles. The summed E-state index contributed by atoms with van der Waals surface area (Å²) >= 11 is 0. The molecule has 1 aromatic rings. The van der Waals surface area contributed by atoms with E-state index in [1.807, 2.05) is 0 Å². The smallest absolute Gasteiger partial charge is 0.240 e. The Kier molecular flexibility index (Phi) is 6.36. The summed E-state index contributed by atoms with van der Waals surface area (Å²) in [5.41, 5.74) is 1.39. The van der Waals surface area contributed by atoms with E-state index in [0.29, 0.717) is 11.1 Å². The van der Waals surface area contributed by atoms with Crippen LogP contribution in [0.4, 0.5) is 0 Å². The third kappa shape index (κ3) is 5.06. The van der Waals surface area contributed by atoms with Gasteiger partial charge in [0.2, 0.25) is 10.0 Å². The fraction of sp³-hybridized carbons (Fsp3) is 0.385. The van der Waals surface area contributed by atoms with Gasteiger partial charge in [0.15, 0.2) is 0 Å². The predicted octanol–water partition coefficient (Wildman–Crippen LogP) is -0.00438. The van der Waals surface area contributed by atoms with E-state index in [0.717, 1.165) is 0 Å². The van der Waals surface area contributed by atoms with Crippen LogP contribution in [-0.4, -0.2) is 42.9 Å². The number of benzene rings is 1. The van der Waals surface area contributed by atoms with Crippen LogP contribution in [0.2, 0.25) is 0 Å². The zero-order chi connectivity index (χ0) is 15.2. The summed E-state index contributed by atoms with van der Waals surface area (Å²) in [5, 5.41) is 8.64. The van der Waals surface area contributed by atoms with Crippen LogP contribution in [0.1, 0.15) is 11.1 Å². The third-order valence-electron chi connectivity index (χ3n) is 2.49. The molecule has 0 aliphatic carbocycles. The minimum atomic E-state index is -3.60. The van der Waals surface area contributed by atoms with Gasteiger partial charge in [-0.2, -0.15) is 0 Å². The predicted molar refractivity (Wildman–Crippen MR) is 79.3 cm³/mol. The van der Waals surface area contributed by atoms with E-state index in [-0.39, 0.29) is 23.8 Å². The average molecular weight is 315 g/mol. The molecule has 0 amide bonds. The molecule has 0 bridgehead atoms. The molecule has 0 aromatic heterocycles. The highest BCUT2D eigenvalue weighted by atomic mass is 32.2. The Morgan fingerprint density at radius 1 is 1.40 bits per heavy atom. The van der Waals surface area contributed by atoms with Crippen molar-refractivity contribution in [3.63, 3.8) is 0 Å². The lowest BCUT2D eigenvalue weighted by Crippen LogP contribution is -2.27. The largest absolute Gasteiger partial charge is 0.384 e. The maximum absolute atomic E-state index is 12.0. The molecule has 5 nitrogen and oxygen atoms in total. The molecule has 7 heteroatoms. The molecular weight excluding hydrogens is 298 g/mol. The summed E-state index contributed by atoms with van der Waals surface area (Å²) < 4.78 is 37.3. The maximum atomic E-state index is 12.0. The van der Waals surface area contributed by atoms with Crippen molar-refractivity contribution in [1.29, 1.82) is 0 Å². The first kappa shape index (κ1) is 16.9. The molecular formula is C13H17NO4S2. The van der Waals surface area contributed by atoms with Crippen molar-refractivity contribution < 1.29 is 17.7 Å². The number of aliphatic hydroxyl groups is 1. The standard InChI is InChI=1S/C13H17NO4S2/c1-11-10-13(6-5-12(11)4-3-8-15)20(17,18)14-7-9-19(2)16/h5-6,10,14-15H,7-9H2,1-2H3. The molecule has 0 saturated heterocycles. The number of sulfonamides is 1. The first-order valence-electron chi connectivity index (χ1n) is 5.87. The molecule has 0 heterocycles. The second-order valence-corrected chi connectivity index (χ2v) is 7.43. The molecule has 1 unspecified atom stereocenters. The van der Waals surface area contributed by atoms with Gasteiger partial charge in [-0.3, -0.25) is 4.21 Å². The number of aryl methyl sites for hydroxylation is 1. The molecule has 1 aromatic carbocycles. The molecule has 1 atom stereocenters. The first-order chi connectivity index (χ1) is 9.36. The summed E-state index contributed by atoms with van der Waals surface area (Å²) in [6, 6.07) is 4.58. The number of nitrogens with one attached hydrogen (secondary N) is 1. The zero-order valence-electron chi connectivity index (χ0n) is 11.3. The molecule has 0 saturated carbocycles. The van der Waals surface area contributed by atoms with Crippen LogP contribution in [0, 0.1) is 18.8 Å². The normalized spacial score (nSPS) is 12.6. The lowest BCUT2D eigenvalue weighted by molar-refractivity contribution is 0.350. The second-order valence-electron chi connectivity index (χ2n) is 4.11. The molecule has 0 radical (unpaired) electrons. The van der Waals surface area contributed by atoms with Gasteiger partial charge in [0.05, 0.1) is 4.90 Å². The van der Waals surface area contributed by atoms with Gasteiger partial charge < -0.3 is 5.11 Å². The fourth-order valence-electron chi connectivity index (χ4n) is 1.48. The summed E-state index contributed by atoms with van der Waals surface area (Å²) in [6.07, 6.45) is 1.52. The number of rotatable bonds is 5. The van der Waals surface area contributed by atoms with Gasteiger partial charge >= 0.3 is 0 Å². The number of aliphatic hydroxyl groups excluding tert-OH is 1. The van der Waals surface area contributed by atoms with E-state index in [2.05, 4.69) is 16.6 Å². The van der Waals surface area contributed by atoms with Crippen molar-refractivity contribution in [2.24, 2.45) is 0 Å². The lowest BCUT2D eigenvalue weighted by atomic mass is 10.1. The van der Waals surface area contributed by atoms with E-state index < -0.39 is 20.8 Å². The fourth-order valence-corrected chi connectivity index (χ4v) is 3.12. The Morgan fingerprint density at radius 2 is 2.10 bits per heavy atom. The summed E-state index contributed by atoms with van der Waals surface area (Å²) in [5.74, 6) is 5.54. The average Bonchev–Trinajstić information content (AvgIpc) is 2.36. The Hall–Kier alpha value is -1.20. The van der Waals surface area contributed by atoms with Crippen LogP contribution in [0.15, 0.2) is 23.1 Å². The van der Waals surface area contributed by atoms with Crippen LogP contribution in [0.5, 0.6) is 0 Å². The van der Waals surface area contributed by atoms with Crippen LogP contribution in [-0.2, 0) is 20.8 Å². The van der Waals surface area contributed by atoms with Crippen molar-refractivity contribution in [3.8, 4) is 11.8 Å². The lowest BCUT2D eigenvalue weighted by Gasteiger charge is -2.07. The highest BCUT2D eigenvalue weighted by Gasteiger charge is 2.14. The maximum Gasteiger partial charge on any atom is 0.240 e. The quantitative estimate of drug-likeness (QED) is 0.749. The SMILES string of the molecule is Cc1cc(S(=O)(=O)NCCS(C)=O)ccc1C#CCO. The van der Waals surface area contributed by atoms with Crippen molar-refractivity contribution in [2.75, 3.05) is 25.2 Å². The second kappa shape index (κ2) is 7.55. The minimum Gasteiger partial charge on any atom is -0.384 e. The summed E-state index contributed by atoms with van der Waals surface area (Å²) in [6.45, 7) is 1.65. The molecule has 0 fully saturated rings. The molecule has 110 valence electrons. The molecule has 20 heavy (non-hydrogen) atoms. The van der Waals surface area contributed by atoms with Crippen molar-refractivity contribution in [1.82, 2.24) is 4.72 Å². The van der Waals surface area contributed by atoms with Crippen molar-refractivity contribution >= 4 is 20.8 Å². The zero-order valence-corrected chi connectivity index (χ0v) is 13.0. The molecule has 1 rings (SSSR count). The van der Waals surface area contributed by atoms with Gasteiger partial charge in [0.25, 0.3) is 0 Å². The van der Waals surface area contributed by atoms with Gasteiger partial charge in [-0.15, -0.1) is 0 Å². The number of hydrogen-bond acceptors (Lipinski definition) is 4. The van der Waals surface area contributed by atoms with E-state index in [1.165, 1.54) is 18.4 Å². The topological polar surface area (TPSA) is 83.5 Å². The number of hydrogen-bond donors (Lipinski definition) is 2. The van der Waals surface area contributed by atoms with E-state index in [4.69, 9.17) is 5.11 Å². The summed E-state index contributed by atoms with van der Waals surface area (Å²) in [7, 11) is -4.64. The monoisotopic (exact) mass is 315 g/mol. The minimum absolute atomic E-state index is 0.135. The Bertz CT molecular complexity index is 657.